The van der Waals surface area contributed by atoms with Crippen LogP contribution in [0.5, 0.6) is 0 Å². The highest BCUT2D eigenvalue weighted by Crippen LogP contribution is 2.00. The molecule has 0 N–H and O–H groups in total. The molecule has 0 rings (SSSR count). The minimum absolute atomic E-state index is 0.777. The Morgan fingerprint density at radius 2 is 2.00 bits per heavy atom. The van der Waals surface area contributed by atoms with Gasteiger partial charge < -0.3 is 4.74 Å². The summed E-state index contributed by atoms with van der Waals surface area (Å²) in [6, 6.07) is 0. The van der Waals surface area contributed by atoms with E-state index in [2.05, 4.69) is 26.0 Å². The maximum atomic E-state index is 4.90. The van der Waals surface area contributed by atoms with Crippen LogP contribution < -0.4 is 0 Å². The van der Waals surface area contributed by atoms with Gasteiger partial charge in [-0.3, -0.25) is 0 Å². The van der Waals surface area contributed by atoms with Gasteiger partial charge in [0.1, 0.15) is 0 Å². The van der Waals surface area contributed by atoms with E-state index in [1.807, 2.05) is 0 Å². The first kappa shape index (κ1) is 9.70. The second-order valence-corrected chi connectivity index (χ2v) is 2.88. The van der Waals surface area contributed by atoms with Gasteiger partial charge in [-0.05, 0) is 18.8 Å². The highest BCUT2D eigenvalue weighted by Gasteiger charge is 1.86. The van der Waals surface area contributed by atoms with Crippen molar-refractivity contribution >= 4 is 0 Å². The summed E-state index contributed by atoms with van der Waals surface area (Å²) in [4.78, 5) is 0. The van der Waals surface area contributed by atoms with Crippen molar-refractivity contribution in [2.45, 2.75) is 26.7 Å². The average Bonchev–Trinajstić information content (AvgIpc) is 1.87. The molecule has 1 nitrogen and oxygen atoms in total. The molecule has 0 aromatic rings. The highest BCUT2D eigenvalue weighted by molar-refractivity contribution is 4.82. The van der Waals surface area contributed by atoms with Crippen molar-refractivity contribution in [1.29, 1.82) is 0 Å². The molecule has 1 heteroatoms. The van der Waals surface area contributed by atoms with Gasteiger partial charge in [0, 0.05) is 13.7 Å². The Kier molecular flexibility index (Phi) is 6.61. The Bertz CT molecular complexity index is 84.7. The zero-order valence-corrected chi connectivity index (χ0v) is 7.26. The Balaban J connectivity index is 3.04. The Labute approximate surface area is 64.1 Å². The van der Waals surface area contributed by atoms with Crippen molar-refractivity contribution in [1.82, 2.24) is 0 Å². The maximum absolute atomic E-state index is 4.90. The molecule has 0 bridgehead atoms. The van der Waals surface area contributed by atoms with Crippen molar-refractivity contribution < 1.29 is 4.74 Å². The molecule has 0 atom stereocenters. The molecular weight excluding hydrogens is 124 g/mol. The summed E-state index contributed by atoms with van der Waals surface area (Å²) < 4.78 is 4.90. The van der Waals surface area contributed by atoms with E-state index in [-0.39, 0.29) is 0 Å². The smallest absolute Gasteiger partial charge is 0.0496 e. The van der Waals surface area contributed by atoms with E-state index in [4.69, 9.17) is 4.74 Å². The first-order chi connectivity index (χ1) is 4.77. The minimum Gasteiger partial charge on any atom is -0.384 e. The van der Waals surface area contributed by atoms with E-state index < -0.39 is 0 Å². The van der Waals surface area contributed by atoms with Crippen LogP contribution in [0.3, 0.4) is 0 Å². The number of hydrogen-bond acceptors (Lipinski definition) is 1. The Morgan fingerprint density at radius 1 is 1.30 bits per heavy atom. The number of allylic oxidation sites excluding steroid dienone is 1. The van der Waals surface area contributed by atoms with Crippen LogP contribution in [0.2, 0.25) is 0 Å². The molecule has 60 valence electrons. The van der Waals surface area contributed by atoms with E-state index in [0.717, 1.165) is 18.9 Å². The van der Waals surface area contributed by atoms with E-state index in [0.29, 0.717) is 0 Å². The van der Waals surface area contributed by atoms with Gasteiger partial charge in [-0.1, -0.05) is 26.0 Å². The van der Waals surface area contributed by atoms with Gasteiger partial charge in [0.05, 0.1) is 0 Å². The van der Waals surface area contributed by atoms with Crippen LogP contribution >= 0.6 is 0 Å². The fourth-order valence-corrected chi connectivity index (χ4v) is 0.672. The summed E-state index contributed by atoms with van der Waals surface area (Å²) >= 11 is 0. The lowest BCUT2D eigenvalue weighted by Crippen LogP contribution is -1.85. The van der Waals surface area contributed by atoms with E-state index in [9.17, 15) is 0 Å². The van der Waals surface area contributed by atoms with Crippen LogP contribution in [0.25, 0.3) is 0 Å². The SMILES string of the molecule is COCC/C=C/CC(C)C. The summed E-state index contributed by atoms with van der Waals surface area (Å²) in [7, 11) is 1.73. The molecule has 0 aliphatic heterocycles. The van der Waals surface area contributed by atoms with E-state index in [1.165, 1.54) is 6.42 Å². The summed E-state index contributed by atoms with van der Waals surface area (Å²) in [5, 5.41) is 0. The van der Waals surface area contributed by atoms with Crippen LogP contribution in [0.4, 0.5) is 0 Å². The lowest BCUT2D eigenvalue weighted by atomic mass is 10.1. The van der Waals surface area contributed by atoms with Gasteiger partial charge in [-0.25, -0.2) is 0 Å². The third-order valence-electron chi connectivity index (χ3n) is 1.26. The van der Waals surface area contributed by atoms with Crippen molar-refractivity contribution in [2.75, 3.05) is 13.7 Å². The Hall–Kier alpha value is -0.300. The summed E-state index contributed by atoms with van der Waals surface area (Å²) in [5.74, 6) is 0.777. The van der Waals surface area contributed by atoms with E-state index >= 15 is 0 Å². The molecule has 10 heavy (non-hydrogen) atoms. The molecule has 0 amide bonds. The van der Waals surface area contributed by atoms with Crippen molar-refractivity contribution in [3.8, 4) is 0 Å². The van der Waals surface area contributed by atoms with Crippen LogP contribution in [0, 0.1) is 5.92 Å². The predicted octanol–water partition coefficient (Wildman–Crippen LogP) is 2.63. The average molecular weight is 142 g/mol. The number of hydrogen-bond donors (Lipinski definition) is 0. The fourth-order valence-electron chi connectivity index (χ4n) is 0.672. The molecule has 0 saturated heterocycles. The van der Waals surface area contributed by atoms with Crippen LogP contribution in [-0.4, -0.2) is 13.7 Å². The molecule has 0 heterocycles. The fraction of sp³-hybridized carbons (Fsp3) is 0.778. The zero-order valence-electron chi connectivity index (χ0n) is 7.26. The molecule has 0 aromatic carbocycles. The van der Waals surface area contributed by atoms with Crippen LogP contribution in [0.15, 0.2) is 12.2 Å². The molecule has 0 aromatic heterocycles. The molecular formula is C9H18O. The topological polar surface area (TPSA) is 9.23 Å². The maximum Gasteiger partial charge on any atom is 0.0496 e. The second-order valence-electron chi connectivity index (χ2n) is 2.88. The highest BCUT2D eigenvalue weighted by atomic mass is 16.5. The van der Waals surface area contributed by atoms with Crippen molar-refractivity contribution in [3.63, 3.8) is 0 Å². The predicted molar refractivity (Wildman–Crippen MR) is 45.1 cm³/mol. The van der Waals surface area contributed by atoms with Gasteiger partial charge in [0.2, 0.25) is 0 Å². The molecule has 0 aliphatic rings. The van der Waals surface area contributed by atoms with Gasteiger partial charge in [-0.2, -0.15) is 0 Å². The quantitative estimate of drug-likeness (QED) is 0.423. The van der Waals surface area contributed by atoms with Crippen LogP contribution in [-0.2, 0) is 4.74 Å². The number of ether oxygens (including phenoxy) is 1. The standard InChI is InChI=1S/C9H18O/c1-9(2)7-5-4-6-8-10-3/h4-5,9H,6-8H2,1-3H3/b5-4+. The third kappa shape index (κ3) is 7.70. The normalized spacial score (nSPS) is 11.6. The molecule has 0 spiro atoms. The molecule has 0 saturated carbocycles. The summed E-state index contributed by atoms with van der Waals surface area (Å²) in [5.41, 5.74) is 0. The lowest BCUT2D eigenvalue weighted by Gasteiger charge is -1.96. The first-order valence-electron chi connectivity index (χ1n) is 3.91. The van der Waals surface area contributed by atoms with E-state index in [1.54, 1.807) is 7.11 Å². The molecule has 0 aliphatic carbocycles. The minimum atomic E-state index is 0.777. The largest absolute Gasteiger partial charge is 0.384 e. The Morgan fingerprint density at radius 3 is 2.50 bits per heavy atom. The van der Waals surface area contributed by atoms with Crippen LogP contribution in [0.1, 0.15) is 26.7 Å². The first-order valence-corrected chi connectivity index (χ1v) is 3.91. The van der Waals surface area contributed by atoms with Gasteiger partial charge in [0.25, 0.3) is 0 Å². The van der Waals surface area contributed by atoms with Gasteiger partial charge in [-0.15, -0.1) is 0 Å². The monoisotopic (exact) mass is 142 g/mol. The van der Waals surface area contributed by atoms with Crippen molar-refractivity contribution in [2.24, 2.45) is 5.92 Å². The summed E-state index contributed by atoms with van der Waals surface area (Å²) in [6.07, 6.45) is 6.64. The molecule has 0 radical (unpaired) electrons. The van der Waals surface area contributed by atoms with Crippen molar-refractivity contribution in [3.05, 3.63) is 12.2 Å². The number of methoxy groups -OCH3 is 1. The second kappa shape index (κ2) is 6.81. The van der Waals surface area contributed by atoms with Gasteiger partial charge >= 0.3 is 0 Å². The summed E-state index contributed by atoms with van der Waals surface area (Å²) in [6.45, 7) is 5.29. The molecule has 0 fully saturated rings. The molecule has 0 unspecified atom stereocenters. The third-order valence-corrected chi connectivity index (χ3v) is 1.26. The zero-order chi connectivity index (χ0) is 7.82. The lowest BCUT2D eigenvalue weighted by molar-refractivity contribution is 0.204. The number of rotatable bonds is 5. The van der Waals surface area contributed by atoms with Gasteiger partial charge in [0.15, 0.2) is 0 Å².